The Morgan fingerprint density at radius 3 is 2.42 bits per heavy atom. The van der Waals surface area contributed by atoms with Crippen molar-refractivity contribution in [1.29, 1.82) is 0 Å². The van der Waals surface area contributed by atoms with Gasteiger partial charge in [-0.1, -0.05) is 30.3 Å². The second-order valence-corrected chi connectivity index (χ2v) is 6.46. The minimum absolute atomic E-state index is 0.0377. The number of aliphatic hydroxyl groups excluding tert-OH is 1. The van der Waals surface area contributed by atoms with E-state index >= 15 is 0 Å². The summed E-state index contributed by atoms with van der Waals surface area (Å²) in [6.45, 7) is 3.69. The van der Waals surface area contributed by atoms with Gasteiger partial charge >= 0.3 is 0 Å². The largest absolute Gasteiger partial charge is 0.508 e. The number of aryl methyl sites for hydroxylation is 1. The van der Waals surface area contributed by atoms with Crippen LogP contribution in [-0.2, 0) is 11.2 Å². The molecule has 0 aliphatic carbocycles. The summed E-state index contributed by atoms with van der Waals surface area (Å²) in [7, 11) is 0. The molecule has 24 heavy (non-hydrogen) atoms. The first-order valence-electron chi connectivity index (χ1n) is 7.81. The number of phenolic OH excluding ortho intramolecular Hbond substituents is 1. The zero-order chi connectivity index (χ0) is 17.7. The van der Waals surface area contributed by atoms with Crippen molar-refractivity contribution in [2.24, 2.45) is 0 Å². The van der Waals surface area contributed by atoms with Crippen LogP contribution in [0, 0.1) is 5.82 Å². The van der Waals surface area contributed by atoms with Crippen LogP contribution in [0.1, 0.15) is 37.5 Å². The lowest BCUT2D eigenvalue weighted by atomic mass is 9.94. The van der Waals surface area contributed by atoms with E-state index in [4.69, 9.17) is 0 Å². The Bertz CT molecular complexity index is 698. The summed E-state index contributed by atoms with van der Waals surface area (Å²) >= 11 is 0. The highest BCUT2D eigenvalue weighted by atomic mass is 19.1. The number of nitrogens with one attached hydrogen (secondary N) is 1. The van der Waals surface area contributed by atoms with Crippen molar-refractivity contribution < 1.29 is 19.4 Å². The molecule has 2 aromatic carbocycles. The fourth-order valence-electron chi connectivity index (χ4n) is 2.42. The molecule has 0 radical (unpaired) electrons. The van der Waals surface area contributed by atoms with Gasteiger partial charge in [0.05, 0.1) is 0 Å². The molecule has 5 heteroatoms. The van der Waals surface area contributed by atoms with Crippen LogP contribution >= 0.6 is 0 Å². The van der Waals surface area contributed by atoms with Gasteiger partial charge in [0.2, 0.25) is 0 Å². The molecule has 0 heterocycles. The molecule has 0 spiro atoms. The Hall–Kier alpha value is -2.40. The van der Waals surface area contributed by atoms with Gasteiger partial charge < -0.3 is 15.5 Å². The van der Waals surface area contributed by atoms with Crippen molar-refractivity contribution in [3.63, 3.8) is 0 Å². The summed E-state index contributed by atoms with van der Waals surface area (Å²) < 4.78 is 13.7. The highest BCUT2D eigenvalue weighted by Gasteiger charge is 2.26. The molecular formula is C19H22FNO3. The van der Waals surface area contributed by atoms with Crippen molar-refractivity contribution in [1.82, 2.24) is 5.32 Å². The van der Waals surface area contributed by atoms with Gasteiger partial charge in [-0.15, -0.1) is 0 Å². The van der Waals surface area contributed by atoms with Crippen molar-refractivity contribution in [3.05, 3.63) is 65.5 Å². The SMILES string of the molecule is CC(C)(CCc1ccc(O)cc1)NC(=O)[C@H](O)c1ccccc1F. The predicted octanol–water partition coefficient (Wildman–Crippen LogP) is 3.09. The maximum absolute atomic E-state index is 13.7. The van der Waals surface area contributed by atoms with Crippen LogP contribution in [0.2, 0.25) is 0 Å². The maximum Gasteiger partial charge on any atom is 0.253 e. The lowest BCUT2D eigenvalue weighted by molar-refractivity contribution is -0.131. The Kier molecular flexibility index (Phi) is 5.57. The summed E-state index contributed by atoms with van der Waals surface area (Å²) in [5.74, 6) is -1.03. The van der Waals surface area contributed by atoms with Crippen LogP contribution in [0.25, 0.3) is 0 Å². The number of carbonyl (C=O) groups excluding carboxylic acids is 1. The van der Waals surface area contributed by atoms with Crippen LogP contribution in [0.3, 0.4) is 0 Å². The molecule has 0 saturated heterocycles. The molecule has 0 aliphatic rings. The van der Waals surface area contributed by atoms with Gasteiger partial charge in [-0.2, -0.15) is 0 Å². The normalized spacial score (nSPS) is 12.7. The number of hydrogen-bond donors (Lipinski definition) is 3. The molecular weight excluding hydrogens is 309 g/mol. The van der Waals surface area contributed by atoms with E-state index in [1.54, 1.807) is 18.2 Å². The van der Waals surface area contributed by atoms with E-state index in [-0.39, 0.29) is 11.3 Å². The Labute approximate surface area is 141 Å². The van der Waals surface area contributed by atoms with Gasteiger partial charge in [-0.25, -0.2) is 4.39 Å². The monoisotopic (exact) mass is 331 g/mol. The lowest BCUT2D eigenvalue weighted by Crippen LogP contribution is -2.46. The number of hydrogen-bond acceptors (Lipinski definition) is 3. The molecule has 128 valence electrons. The van der Waals surface area contributed by atoms with E-state index in [0.717, 1.165) is 5.56 Å². The molecule has 1 amide bonds. The molecule has 3 N–H and O–H groups in total. The standard InChI is InChI=1S/C19H22FNO3/c1-19(2,12-11-13-7-9-14(22)10-8-13)21-18(24)17(23)15-5-3-4-6-16(15)20/h3-10,17,22-23H,11-12H2,1-2H3,(H,21,24)/t17-/m1/s1. The van der Waals surface area contributed by atoms with Crippen molar-refractivity contribution in [2.75, 3.05) is 0 Å². The van der Waals surface area contributed by atoms with Gasteiger partial charge in [0.25, 0.3) is 5.91 Å². The van der Waals surface area contributed by atoms with E-state index in [1.807, 2.05) is 26.0 Å². The molecule has 0 saturated carbocycles. The molecule has 2 rings (SSSR count). The number of benzene rings is 2. The second kappa shape index (κ2) is 7.45. The third kappa shape index (κ3) is 4.80. The summed E-state index contributed by atoms with van der Waals surface area (Å²) in [6.07, 6.45) is -0.212. The highest BCUT2D eigenvalue weighted by Crippen LogP contribution is 2.20. The van der Waals surface area contributed by atoms with E-state index in [0.29, 0.717) is 12.8 Å². The summed E-state index contributed by atoms with van der Waals surface area (Å²) in [6, 6.07) is 12.6. The fraction of sp³-hybridized carbons (Fsp3) is 0.316. The molecule has 0 aliphatic heterocycles. The van der Waals surface area contributed by atoms with Gasteiger partial charge in [-0.05, 0) is 50.5 Å². The molecule has 0 unspecified atom stereocenters. The first kappa shape index (κ1) is 17.9. The van der Waals surface area contributed by atoms with Crippen LogP contribution in [0.15, 0.2) is 48.5 Å². The molecule has 0 aromatic heterocycles. The Balaban J connectivity index is 1.96. The van der Waals surface area contributed by atoms with Crippen molar-refractivity contribution >= 4 is 5.91 Å². The Morgan fingerprint density at radius 1 is 1.17 bits per heavy atom. The van der Waals surface area contributed by atoms with E-state index in [1.165, 1.54) is 18.2 Å². The van der Waals surface area contributed by atoms with Crippen molar-refractivity contribution in [2.45, 2.75) is 38.3 Å². The highest BCUT2D eigenvalue weighted by molar-refractivity contribution is 5.82. The minimum atomic E-state index is -1.54. The molecule has 1 atom stereocenters. The van der Waals surface area contributed by atoms with E-state index in [2.05, 4.69) is 5.32 Å². The third-order valence-electron chi connectivity index (χ3n) is 3.88. The van der Waals surface area contributed by atoms with E-state index in [9.17, 15) is 19.4 Å². The predicted molar refractivity (Wildman–Crippen MR) is 90.0 cm³/mol. The van der Waals surface area contributed by atoms with Gasteiger partial charge in [0.1, 0.15) is 11.6 Å². The molecule has 2 aromatic rings. The average molecular weight is 331 g/mol. The van der Waals surface area contributed by atoms with Crippen LogP contribution in [0.4, 0.5) is 4.39 Å². The third-order valence-corrected chi connectivity index (χ3v) is 3.88. The lowest BCUT2D eigenvalue weighted by Gasteiger charge is -2.28. The number of aliphatic hydroxyl groups is 1. The van der Waals surface area contributed by atoms with Gasteiger partial charge in [0.15, 0.2) is 6.10 Å². The number of phenols is 1. The van der Waals surface area contributed by atoms with Crippen molar-refractivity contribution in [3.8, 4) is 5.75 Å². The quantitative estimate of drug-likeness (QED) is 0.762. The van der Waals surface area contributed by atoms with Crippen LogP contribution in [0.5, 0.6) is 5.75 Å². The summed E-state index contributed by atoms with van der Waals surface area (Å²) in [5, 5.41) is 22.1. The zero-order valence-electron chi connectivity index (χ0n) is 13.8. The van der Waals surface area contributed by atoms with Crippen LogP contribution < -0.4 is 5.32 Å². The first-order chi connectivity index (χ1) is 11.3. The molecule has 4 nitrogen and oxygen atoms in total. The van der Waals surface area contributed by atoms with Gasteiger partial charge in [0, 0.05) is 11.1 Å². The molecule has 0 fully saturated rings. The number of rotatable bonds is 6. The van der Waals surface area contributed by atoms with Crippen LogP contribution in [-0.4, -0.2) is 21.7 Å². The number of amides is 1. The zero-order valence-corrected chi connectivity index (χ0v) is 13.8. The second-order valence-electron chi connectivity index (χ2n) is 6.46. The smallest absolute Gasteiger partial charge is 0.253 e. The number of carbonyl (C=O) groups is 1. The average Bonchev–Trinajstić information content (AvgIpc) is 2.54. The summed E-state index contributed by atoms with van der Waals surface area (Å²) in [5.41, 5.74) is 0.426. The summed E-state index contributed by atoms with van der Waals surface area (Å²) in [4.78, 5) is 12.2. The van der Waals surface area contributed by atoms with E-state index < -0.39 is 23.4 Å². The van der Waals surface area contributed by atoms with Gasteiger partial charge in [-0.3, -0.25) is 4.79 Å². The topological polar surface area (TPSA) is 69.6 Å². The first-order valence-corrected chi connectivity index (χ1v) is 7.81. The Morgan fingerprint density at radius 2 is 1.79 bits per heavy atom. The molecule has 0 bridgehead atoms. The fourth-order valence-corrected chi connectivity index (χ4v) is 2.42. The maximum atomic E-state index is 13.7. The number of aromatic hydroxyl groups is 1. The number of halogens is 1. The minimum Gasteiger partial charge on any atom is -0.508 e.